The number of methoxy groups -OCH3 is 3. The Kier molecular flexibility index (Phi) is 7.74. The Balaban J connectivity index is 2.09. The molecule has 0 saturated carbocycles. The van der Waals surface area contributed by atoms with Gasteiger partial charge in [-0.25, -0.2) is 0 Å². The van der Waals surface area contributed by atoms with E-state index in [-0.39, 0.29) is 12.4 Å². The molecule has 0 heterocycles. The minimum Gasteiger partial charge on any atom is -0.497 e. The summed E-state index contributed by atoms with van der Waals surface area (Å²) in [5.74, 6) is 4.65. The fraction of sp³-hybridized carbons (Fsp3) is 0.174. The topological polar surface area (TPSA) is 54.0 Å². The first-order valence-corrected chi connectivity index (χ1v) is 8.47. The van der Waals surface area contributed by atoms with Gasteiger partial charge in [0.1, 0.15) is 18.1 Å². The van der Waals surface area contributed by atoms with Crippen molar-refractivity contribution in [2.24, 2.45) is 0 Å². The van der Waals surface area contributed by atoms with Crippen LogP contribution in [0, 0.1) is 12.3 Å². The van der Waals surface area contributed by atoms with Crippen LogP contribution < -0.4 is 18.9 Å². The van der Waals surface area contributed by atoms with E-state index in [0.29, 0.717) is 23.0 Å². The Morgan fingerprint density at radius 3 is 2.36 bits per heavy atom. The molecular formula is C23H22O5. The first-order chi connectivity index (χ1) is 13.6. The molecule has 2 aromatic rings. The molecule has 0 saturated heterocycles. The number of allylic oxidation sites excluding steroid dienone is 2. The molecule has 0 aliphatic heterocycles. The van der Waals surface area contributed by atoms with Crippen molar-refractivity contribution in [3.05, 3.63) is 59.7 Å². The Hall–Kier alpha value is -3.65. The first-order valence-electron chi connectivity index (χ1n) is 8.47. The molecular weight excluding hydrogens is 356 g/mol. The van der Waals surface area contributed by atoms with E-state index < -0.39 is 0 Å². The summed E-state index contributed by atoms with van der Waals surface area (Å²) in [5.41, 5.74) is 1.58. The summed E-state index contributed by atoms with van der Waals surface area (Å²) in [6, 6.07) is 10.7. The Morgan fingerprint density at radius 2 is 1.68 bits per heavy atom. The molecule has 0 aromatic heterocycles. The molecule has 0 aliphatic carbocycles. The van der Waals surface area contributed by atoms with Crippen molar-refractivity contribution >= 4 is 17.9 Å². The van der Waals surface area contributed by atoms with Gasteiger partial charge in [0, 0.05) is 11.6 Å². The van der Waals surface area contributed by atoms with Gasteiger partial charge in [0.15, 0.2) is 17.3 Å². The SMILES string of the molecule is C#CCOc1ccc(/C=C/C(=O)/C=C/c2ccc(OC)cc2OC)cc1OC. The molecule has 0 fully saturated rings. The average molecular weight is 378 g/mol. The van der Waals surface area contributed by atoms with Crippen LogP contribution >= 0.6 is 0 Å². The van der Waals surface area contributed by atoms with Crippen LogP contribution in [0.4, 0.5) is 0 Å². The Morgan fingerprint density at radius 1 is 0.929 bits per heavy atom. The summed E-state index contributed by atoms with van der Waals surface area (Å²) in [7, 11) is 4.70. The van der Waals surface area contributed by atoms with Crippen molar-refractivity contribution in [1.82, 2.24) is 0 Å². The van der Waals surface area contributed by atoms with Crippen LogP contribution in [-0.4, -0.2) is 33.7 Å². The van der Waals surface area contributed by atoms with Crippen molar-refractivity contribution in [2.75, 3.05) is 27.9 Å². The van der Waals surface area contributed by atoms with Crippen molar-refractivity contribution in [2.45, 2.75) is 0 Å². The highest BCUT2D eigenvalue weighted by Crippen LogP contribution is 2.28. The molecule has 0 bridgehead atoms. The summed E-state index contributed by atoms with van der Waals surface area (Å²) >= 11 is 0. The minimum absolute atomic E-state index is 0.156. The molecule has 2 aromatic carbocycles. The van der Waals surface area contributed by atoms with Crippen LogP contribution in [0.1, 0.15) is 11.1 Å². The molecule has 5 nitrogen and oxygen atoms in total. The van der Waals surface area contributed by atoms with Crippen molar-refractivity contribution in [3.8, 4) is 35.3 Å². The van der Waals surface area contributed by atoms with Crippen LogP contribution in [0.25, 0.3) is 12.2 Å². The molecule has 0 radical (unpaired) electrons. The molecule has 0 unspecified atom stereocenters. The minimum atomic E-state index is -0.163. The smallest absolute Gasteiger partial charge is 0.178 e. The maximum Gasteiger partial charge on any atom is 0.178 e. The molecule has 0 amide bonds. The van der Waals surface area contributed by atoms with E-state index in [1.54, 1.807) is 57.7 Å². The molecule has 0 aliphatic rings. The van der Waals surface area contributed by atoms with E-state index in [1.165, 1.54) is 12.2 Å². The summed E-state index contributed by atoms with van der Waals surface area (Å²) in [5, 5.41) is 0. The maximum atomic E-state index is 12.2. The normalized spacial score (nSPS) is 10.6. The number of terminal acetylenes is 1. The standard InChI is InChI=1S/C23H22O5/c1-5-14-28-21-13-7-17(15-23(21)27-4)6-10-19(24)11-8-18-9-12-20(25-2)16-22(18)26-3/h1,6-13,15-16H,14H2,2-4H3/b10-6+,11-8+. The van der Waals surface area contributed by atoms with Crippen LogP contribution in [0.2, 0.25) is 0 Å². The summed E-state index contributed by atoms with van der Waals surface area (Å²) in [4.78, 5) is 12.2. The van der Waals surface area contributed by atoms with Crippen molar-refractivity contribution in [1.29, 1.82) is 0 Å². The predicted octanol–water partition coefficient (Wildman–Crippen LogP) is 4.02. The van der Waals surface area contributed by atoms with Gasteiger partial charge in [-0.1, -0.05) is 18.1 Å². The van der Waals surface area contributed by atoms with Crippen LogP contribution in [-0.2, 0) is 4.79 Å². The Bertz CT molecular complexity index is 919. The summed E-state index contributed by atoms with van der Waals surface area (Å²) in [6.07, 6.45) is 11.5. The van der Waals surface area contributed by atoms with Gasteiger partial charge in [-0.05, 0) is 48.1 Å². The van der Waals surface area contributed by atoms with Gasteiger partial charge < -0.3 is 18.9 Å². The lowest BCUT2D eigenvalue weighted by molar-refractivity contribution is -0.110. The third-order valence-corrected chi connectivity index (χ3v) is 3.81. The molecule has 5 heteroatoms. The van der Waals surface area contributed by atoms with Gasteiger partial charge in [0.25, 0.3) is 0 Å². The fourth-order valence-electron chi connectivity index (χ4n) is 2.39. The molecule has 0 N–H and O–H groups in total. The summed E-state index contributed by atoms with van der Waals surface area (Å²) in [6.45, 7) is 0.156. The monoisotopic (exact) mass is 378 g/mol. The number of carbonyl (C=O) groups excluding carboxylic acids is 1. The average Bonchev–Trinajstić information content (AvgIpc) is 2.74. The van der Waals surface area contributed by atoms with Crippen LogP contribution in [0.5, 0.6) is 23.0 Å². The zero-order valence-corrected chi connectivity index (χ0v) is 16.1. The molecule has 0 spiro atoms. The number of hydrogen-bond acceptors (Lipinski definition) is 5. The Labute approximate surface area is 165 Å². The zero-order chi connectivity index (χ0) is 20.4. The van der Waals surface area contributed by atoms with Gasteiger partial charge >= 0.3 is 0 Å². The molecule has 0 atom stereocenters. The largest absolute Gasteiger partial charge is 0.497 e. The van der Waals surface area contributed by atoms with Crippen molar-refractivity contribution < 1.29 is 23.7 Å². The maximum absolute atomic E-state index is 12.2. The highest BCUT2D eigenvalue weighted by molar-refractivity contribution is 6.04. The zero-order valence-electron chi connectivity index (χ0n) is 16.1. The molecule has 144 valence electrons. The van der Waals surface area contributed by atoms with E-state index in [4.69, 9.17) is 25.4 Å². The number of benzene rings is 2. The number of carbonyl (C=O) groups is 1. The lowest BCUT2D eigenvalue weighted by atomic mass is 10.1. The van der Waals surface area contributed by atoms with Gasteiger partial charge in [-0.2, -0.15) is 0 Å². The quantitative estimate of drug-likeness (QED) is 0.487. The lowest BCUT2D eigenvalue weighted by Crippen LogP contribution is -1.96. The number of hydrogen-bond donors (Lipinski definition) is 0. The fourth-order valence-corrected chi connectivity index (χ4v) is 2.39. The number of ketones is 1. The lowest BCUT2D eigenvalue weighted by Gasteiger charge is -2.09. The third-order valence-electron chi connectivity index (χ3n) is 3.81. The second kappa shape index (κ2) is 10.5. The highest BCUT2D eigenvalue weighted by Gasteiger charge is 2.05. The number of ether oxygens (including phenoxy) is 4. The second-order valence-electron chi connectivity index (χ2n) is 5.58. The van der Waals surface area contributed by atoms with E-state index in [2.05, 4.69) is 5.92 Å². The van der Waals surface area contributed by atoms with Gasteiger partial charge in [-0.15, -0.1) is 6.42 Å². The first kappa shape index (κ1) is 20.7. The predicted molar refractivity (Wildman–Crippen MR) is 110 cm³/mol. The van der Waals surface area contributed by atoms with E-state index in [1.807, 2.05) is 12.1 Å². The van der Waals surface area contributed by atoms with Crippen LogP contribution in [0.15, 0.2) is 48.6 Å². The highest BCUT2D eigenvalue weighted by atomic mass is 16.5. The van der Waals surface area contributed by atoms with E-state index in [0.717, 1.165) is 11.1 Å². The van der Waals surface area contributed by atoms with E-state index in [9.17, 15) is 4.79 Å². The summed E-state index contributed by atoms with van der Waals surface area (Å²) < 4.78 is 21.2. The molecule has 28 heavy (non-hydrogen) atoms. The molecule has 2 rings (SSSR count). The van der Waals surface area contributed by atoms with Gasteiger partial charge in [0.05, 0.1) is 21.3 Å². The van der Waals surface area contributed by atoms with Gasteiger partial charge in [0.2, 0.25) is 0 Å². The second-order valence-corrected chi connectivity index (χ2v) is 5.58. The third kappa shape index (κ3) is 5.68. The number of rotatable bonds is 9. The van der Waals surface area contributed by atoms with E-state index >= 15 is 0 Å². The van der Waals surface area contributed by atoms with Crippen molar-refractivity contribution in [3.63, 3.8) is 0 Å². The van der Waals surface area contributed by atoms with Crippen LogP contribution in [0.3, 0.4) is 0 Å². The van der Waals surface area contributed by atoms with Gasteiger partial charge in [-0.3, -0.25) is 4.79 Å².